The van der Waals surface area contributed by atoms with Gasteiger partial charge in [-0.3, -0.25) is 4.98 Å². The average molecular weight is 714 g/mol. The second kappa shape index (κ2) is 13.9. The van der Waals surface area contributed by atoms with Crippen LogP contribution in [0.4, 0.5) is 0 Å². The second-order valence-electron chi connectivity index (χ2n) is 13.7. The Morgan fingerprint density at radius 1 is 0.321 bits per heavy atom. The highest BCUT2D eigenvalue weighted by Gasteiger charge is 2.15. The molecule has 10 rings (SSSR count). The monoisotopic (exact) mass is 713 g/mol. The molecule has 0 spiro atoms. The van der Waals surface area contributed by atoms with Gasteiger partial charge in [-0.05, 0) is 96.3 Å². The minimum absolute atomic E-state index is 0.527. The molecule has 56 heavy (non-hydrogen) atoms. The lowest BCUT2D eigenvalue weighted by Crippen LogP contribution is -2.00. The molecule has 260 valence electrons. The first-order chi connectivity index (χ1) is 27.7. The summed E-state index contributed by atoms with van der Waals surface area (Å²) >= 11 is 0. The van der Waals surface area contributed by atoms with E-state index in [1.54, 1.807) is 18.3 Å². The maximum absolute atomic E-state index is 9.49. The molecular formula is C51H31N5. The minimum atomic E-state index is 0.527. The number of benzene rings is 7. The van der Waals surface area contributed by atoms with E-state index in [0.717, 1.165) is 54.9 Å². The van der Waals surface area contributed by atoms with Crippen molar-refractivity contribution in [1.82, 2.24) is 19.9 Å². The van der Waals surface area contributed by atoms with Gasteiger partial charge in [0.25, 0.3) is 0 Å². The van der Waals surface area contributed by atoms with Gasteiger partial charge in [-0.15, -0.1) is 0 Å². The number of nitrogens with zero attached hydrogens (tertiary/aromatic N) is 5. The van der Waals surface area contributed by atoms with Gasteiger partial charge < -0.3 is 0 Å². The predicted octanol–water partition coefficient (Wildman–Crippen LogP) is 12.7. The fourth-order valence-electron chi connectivity index (χ4n) is 7.73. The summed E-state index contributed by atoms with van der Waals surface area (Å²) in [5, 5.41) is 21.0. The molecule has 8 aromatic carbocycles. The van der Waals surface area contributed by atoms with Crippen molar-refractivity contribution < 1.29 is 0 Å². The Bertz CT molecular complexity index is 3160. The Balaban J connectivity index is 1.27. The molecule has 5 heteroatoms. The molecule has 0 N–H and O–H groups in total. The van der Waals surface area contributed by atoms with Crippen LogP contribution >= 0.6 is 0 Å². The van der Waals surface area contributed by atoms with Gasteiger partial charge in [0.15, 0.2) is 17.5 Å². The summed E-state index contributed by atoms with van der Waals surface area (Å²) in [6, 6.07) is 64.9. The van der Waals surface area contributed by atoms with E-state index in [0.29, 0.717) is 23.0 Å². The zero-order valence-electron chi connectivity index (χ0n) is 30.1. The van der Waals surface area contributed by atoms with Crippen LogP contribution in [0, 0.1) is 11.3 Å². The zero-order valence-corrected chi connectivity index (χ0v) is 30.1. The van der Waals surface area contributed by atoms with E-state index < -0.39 is 0 Å². The molecule has 2 heterocycles. The van der Waals surface area contributed by atoms with Gasteiger partial charge in [0, 0.05) is 28.5 Å². The molecule has 0 bridgehead atoms. The Labute approximate surface area is 323 Å². The van der Waals surface area contributed by atoms with Crippen LogP contribution in [-0.2, 0) is 0 Å². The van der Waals surface area contributed by atoms with Crippen LogP contribution < -0.4 is 0 Å². The molecule has 0 aliphatic carbocycles. The molecule has 0 fully saturated rings. The normalized spacial score (nSPS) is 11.2. The molecule has 0 radical (unpaired) electrons. The van der Waals surface area contributed by atoms with Gasteiger partial charge in [0.05, 0.1) is 17.3 Å². The van der Waals surface area contributed by atoms with Crippen LogP contribution in [-0.4, -0.2) is 19.9 Å². The highest BCUT2D eigenvalue weighted by atomic mass is 15.0. The quantitative estimate of drug-likeness (QED) is 0.181. The largest absolute Gasteiger partial charge is 0.256 e. The predicted molar refractivity (Wildman–Crippen MR) is 229 cm³/mol. The topological polar surface area (TPSA) is 75.3 Å². The van der Waals surface area contributed by atoms with E-state index in [9.17, 15) is 5.26 Å². The van der Waals surface area contributed by atoms with Gasteiger partial charge in [0.1, 0.15) is 0 Å². The molecule has 2 aromatic heterocycles. The highest BCUT2D eigenvalue weighted by molar-refractivity contribution is 6.26. The molecule has 0 atom stereocenters. The van der Waals surface area contributed by atoms with Gasteiger partial charge in [-0.1, -0.05) is 140 Å². The third-order valence-corrected chi connectivity index (χ3v) is 10.4. The van der Waals surface area contributed by atoms with Crippen LogP contribution in [0.2, 0.25) is 0 Å². The van der Waals surface area contributed by atoms with Crippen LogP contribution in [0.25, 0.3) is 99.3 Å². The third kappa shape index (κ3) is 5.83. The van der Waals surface area contributed by atoms with Gasteiger partial charge >= 0.3 is 0 Å². The number of pyridine rings is 1. The Morgan fingerprint density at radius 2 is 0.679 bits per heavy atom. The summed E-state index contributed by atoms with van der Waals surface area (Å²) in [5.74, 6) is 1.64. The summed E-state index contributed by atoms with van der Waals surface area (Å²) in [6.07, 6.45) is 1.80. The lowest BCUT2D eigenvalue weighted by Gasteiger charge is -2.12. The molecule has 0 aliphatic heterocycles. The summed E-state index contributed by atoms with van der Waals surface area (Å²) in [7, 11) is 0. The first-order valence-electron chi connectivity index (χ1n) is 18.5. The van der Waals surface area contributed by atoms with Crippen molar-refractivity contribution >= 4 is 53.9 Å². The van der Waals surface area contributed by atoms with Gasteiger partial charge in [-0.2, -0.15) is 5.26 Å². The number of fused-ring (bicyclic) bond motifs is 10. The van der Waals surface area contributed by atoms with E-state index in [2.05, 4.69) is 126 Å². The average Bonchev–Trinajstić information content (AvgIpc) is 3.29. The van der Waals surface area contributed by atoms with Crippen LogP contribution in [0.3, 0.4) is 0 Å². The van der Waals surface area contributed by atoms with Crippen molar-refractivity contribution in [2.24, 2.45) is 0 Å². The molecule has 0 aliphatic rings. The number of hydrogen-bond donors (Lipinski definition) is 0. The smallest absolute Gasteiger partial charge is 0.164 e. The van der Waals surface area contributed by atoms with Crippen molar-refractivity contribution in [3.63, 3.8) is 0 Å². The van der Waals surface area contributed by atoms with Crippen molar-refractivity contribution in [3.8, 4) is 51.5 Å². The molecule has 0 unspecified atom stereocenters. The van der Waals surface area contributed by atoms with Crippen LogP contribution in [0.15, 0.2) is 188 Å². The summed E-state index contributed by atoms with van der Waals surface area (Å²) in [6.45, 7) is 0. The number of nitriles is 1. The van der Waals surface area contributed by atoms with E-state index in [1.807, 2.05) is 54.6 Å². The highest BCUT2D eigenvalue weighted by Crippen LogP contribution is 2.37. The Morgan fingerprint density at radius 3 is 1.11 bits per heavy atom. The van der Waals surface area contributed by atoms with Gasteiger partial charge in [-0.25, -0.2) is 15.0 Å². The van der Waals surface area contributed by atoms with Crippen molar-refractivity contribution in [2.75, 3.05) is 0 Å². The number of rotatable bonds is 4. The molecule has 0 saturated carbocycles. The lowest BCUT2D eigenvalue weighted by molar-refractivity contribution is 1.07. The second-order valence-corrected chi connectivity index (χ2v) is 13.7. The number of aromatic nitrogens is 4. The Kier molecular flexibility index (Phi) is 8.13. The Hall–Kier alpha value is -7.81. The molecule has 0 amide bonds. The standard InChI is InChI=1S/C51H31N5/c52-32-33-20-22-35(23-21-33)49-54-50(36-26-24-34(25-27-36)48-19-9-10-30-53-48)56-51(55-49)37-28-29-46-44-17-6-5-15-42(44)40-13-2-1-11-38(40)39-12-3-4-14-41(39)43-16-7-8-18-45(43)47(46)31-37/h1-31H. The van der Waals surface area contributed by atoms with E-state index >= 15 is 0 Å². The van der Waals surface area contributed by atoms with Crippen molar-refractivity contribution in [2.45, 2.75) is 0 Å². The molecule has 0 saturated heterocycles. The minimum Gasteiger partial charge on any atom is -0.256 e. The summed E-state index contributed by atoms with van der Waals surface area (Å²) < 4.78 is 0. The summed E-state index contributed by atoms with van der Waals surface area (Å²) in [4.78, 5) is 19.7. The van der Waals surface area contributed by atoms with Crippen molar-refractivity contribution in [3.05, 3.63) is 194 Å². The molecular weight excluding hydrogens is 683 g/mol. The maximum Gasteiger partial charge on any atom is 0.164 e. The summed E-state index contributed by atoms with van der Waals surface area (Å²) in [5.41, 5.74) is 5.00. The van der Waals surface area contributed by atoms with Crippen LogP contribution in [0.5, 0.6) is 0 Å². The van der Waals surface area contributed by atoms with E-state index in [1.165, 1.54) is 26.9 Å². The SMILES string of the molecule is N#Cc1ccc(-c2nc(-c3ccc(-c4ccccn4)cc3)nc(-c3ccc4c5ccccc5c5ccccc5c5ccccc5c5ccccc5c4c3)n2)cc1. The lowest BCUT2D eigenvalue weighted by atomic mass is 9.94. The fraction of sp³-hybridized carbons (Fsp3) is 0. The van der Waals surface area contributed by atoms with Crippen LogP contribution in [0.1, 0.15) is 5.56 Å². The van der Waals surface area contributed by atoms with E-state index in [4.69, 9.17) is 15.0 Å². The number of hydrogen-bond acceptors (Lipinski definition) is 5. The fourth-order valence-corrected chi connectivity index (χ4v) is 7.73. The van der Waals surface area contributed by atoms with E-state index in [-0.39, 0.29) is 0 Å². The molecule has 5 nitrogen and oxygen atoms in total. The zero-order chi connectivity index (χ0) is 37.4. The third-order valence-electron chi connectivity index (χ3n) is 10.4. The first-order valence-corrected chi connectivity index (χ1v) is 18.5. The van der Waals surface area contributed by atoms with Crippen molar-refractivity contribution in [1.29, 1.82) is 5.26 Å². The first kappa shape index (κ1) is 32.8. The maximum atomic E-state index is 9.49. The molecule has 10 aromatic rings. The van der Waals surface area contributed by atoms with Gasteiger partial charge in [0.2, 0.25) is 0 Å².